The fraction of sp³-hybridized carbons (Fsp3) is 0.316. The molecular formula is C19H20Cl3N5O. The average Bonchev–Trinajstić information content (AvgIpc) is 3.17. The SMILES string of the molecule is Cc1nn(Cc2c(Cl)cccc2Cl)c(C)c1NC(=O)C(C)(C)n1cc(Cl)cn1. The summed E-state index contributed by atoms with van der Waals surface area (Å²) < 4.78 is 3.30. The normalized spacial score (nSPS) is 11.7. The Bertz CT molecular complexity index is 1020. The van der Waals surface area contributed by atoms with Crippen LogP contribution in [0, 0.1) is 13.8 Å². The van der Waals surface area contributed by atoms with Gasteiger partial charge in [0.15, 0.2) is 0 Å². The van der Waals surface area contributed by atoms with Crippen molar-refractivity contribution < 1.29 is 4.79 Å². The van der Waals surface area contributed by atoms with Crippen LogP contribution in [0.5, 0.6) is 0 Å². The number of halogens is 3. The quantitative estimate of drug-likeness (QED) is 0.602. The Hall–Kier alpha value is -2.02. The molecule has 0 aliphatic carbocycles. The number of rotatable bonds is 5. The highest BCUT2D eigenvalue weighted by Crippen LogP contribution is 2.28. The number of amides is 1. The summed E-state index contributed by atoms with van der Waals surface area (Å²) in [5.74, 6) is -0.228. The van der Waals surface area contributed by atoms with Crippen molar-refractivity contribution in [1.29, 1.82) is 0 Å². The standard InChI is InChI=1S/C19H20Cl3N5O/c1-11-17(24-18(28)19(3,4)27-9-13(20)8-23-27)12(2)26(25-11)10-14-15(21)6-5-7-16(14)22/h5-9H,10H2,1-4H3,(H,24,28). The highest BCUT2D eigenvalue weighted by molar-refractivity contribution is 6.36. The van der Waals surface area contributed by atoms with Gasteiger partial charge in [0.05, 0.1) is 34.8 Å². The van der Waals surface area contributed by atoms with Gasteiger partial charge in [0, 0.05) is 21.8 Å². The van der Waals surface area contributed by atoms with E-state index in [4.69, 9.17) is 34.8 Å². The maximum Gasteiger partial charge on any atom is 0.251 e. The van der Waals surface area contributed by atoms with Crippen molar-refractivity contribution >= 4 is 46.4 Å². The molecule has 0 bridgehead atoms. The molecule has 9 heteroatoms. The molecule has 28 heavy (non-hydrogen) atoms. The van der Waals surface area contributed by atoms with Crippen LogP contribution in [0.3, 0.4) is 0 Å². The summed E-state index contributed by atoms with van der Waals surface area (Å²) in [4.78, 5) is 12.9. The van der Waals surface area contributed by atoms with E-state index in [0.717, 1.165) is 11.3 Å². The van der Waals surface area contributed by atoms with Gasteiger partial charge in [-0.25, -0.2) is 0 Å². The Kier molecular flexibility index (Phi) is 5.75. The number of aryl methyl sites for hydroxylation is 1. The van der Waals surface area contributed by atoms with E-state index in [1.54, 1.807) is 42.9 Å². The molecule has 0 saturated carbocycles. The molecule has 1 amide bonds. The van der Waals surface area contributed by atoms with Crippen molar-refractivity contribution in [3.63, 3.8) is 0 Å². The molecule has 6 nitrogen and oxygen atoms in total. The Morgan fingerprint density at radius 1 is 1.18 bits per heavy atom. The van der Waals surface area contributed by atoms with Gasteiger partial charge >= 0.3 is 0 Å². The molecule has 3 aromatic rings. The summed E-state index contributed by atoms with van der Waals surface area (Å²) in [7, 11) is 0. The van der Waals surface area contributed by atoms with Crippen molar-refractivity contribution in [2.75, 3.05) is 5.32 Å². The van der Waals surface area contributed by atoms with Crippen LogP contribution in [0.4, 0.5) is 5.69 Å². The third kappa shape index (κ3) is 3.90. The predicted molar refractivity (Wildman–Crippen MR) is 112 cm³/mol. The molecule has 2 aromatic heterocycles. The molecule has 148 valence electrons. The molecule has 0 saturated heterocycles. The van der Waals surface area contributed by atoms with Crippen LogP contribution in [0.15, 0.2) is 30.6 Å². The third-order valence-corrected chi connectivity index (χ3v) is 5.57. The van der Waals surface area contributed by atoms with E-state index in [1.807, 2.05) is 13.8 Å². The van der Waals surface area contributed by atoms with E-state index in [1.165, 1.54) is 10.9 Å². The highest BCUT2D eigenvalue weighted by Gasteiger charge is 2.32. The lowest BCUT2D eigenvalue weighted by Gasteiger charge is -2.24. The average molecular weight is 441 g/mol. The molecule has 0 atom stereocenters. The number of aromatic nitrogens is 4. The molecule has 3 rings (SSSR count). The number of anilines is 1. The van der Waals surface area contributed by atoms with Crippen LogP contribution in [-0.2, 0) is 16.9 Å². The van der Waals surface area contributed by atoms with E-state index >= 15 is 0 Å². The molecule has 0 spiro atoms. The summed E-state index contributed by atoms with van der Waals surface area (Å²) in [6.45, 7) is 7.66. The number of carbonyl (C=O) groups excluding carboxylic acids is 1. The highest BCUT2D eigenvalue weighted by atomic mass is 35.5. The number of nitrogens with zero attached hydrogens (tertiary/aromatic N) is 4. The zero-order valence-electron chi connectivity index (χ0n) is 15.9. The fourth-order valence-electron chi connectivity index (χ4n) is 2.84. The zero-order valence-corrected chi connectivity index (χ0v) is 18.2. The van der Waals surface area contributed by atoms with E-state index < -0.39 is 5.54 Å². The summed E-state index contributed by atoms with van der Waals surface area (Å²) in [5.41, 5.74) is 2.00. The largest absolute Gasteiger partial charge is 0.321 e. The van der Waals surface area contributed by atoms with E-state index in [9.17, 15) is 4.79 Å². The van der Waals surface area contributed by atoms with Crippen LogP contribution in [0.1, 0.15) is 30.8 Å². The van der Waals surface area contributed by atoms with Crippen molar-refractivity contribution in [3.05, 3.63) is 62.6 Å². The summed E-state index contributed by atoms with van der Waals surface area (Å²) >= 11 is 18.5. The molecule has 0 radical (unpaired) electrons. The summed E-state index contributed by atoms with van der Waals surface area (Å²) in [5, 5.41) is 13.3. The van der Waals surface area contributed by atoms with Crippen molar-refractivity contribution in [2.24, 2.45) is 0 Å². The molecule has 0 unspecified atom stereocenters. The second kappa shape index (κ2) is 7.78. The number of carbonyl (C=O) groups is 1. The first kappa shape index (κ1) is 20.7. The van der Waals surface area contributed by atoms with Crippen molar-refractivity contribution in [1.82, 2.24) is 19.6 Å². The smallest absolute Gasteiger partial charge is 0.251 e. The van der Waals surface area contributed by atoms with Gasteiger partial charge < -0.3 is 5.32 Å². The Balaban J connectivity index is 1.87. The minimum absolute atomic E-state index is 0.228. The number of nitrogens with one attached hydrogen (secondary N) is 1. The Morgan fingerprint density at radius 3 is 2.39 bits per heavy atom. The van der Waals surface area contributed by atoms with Crippen LogP contribution in [0.25, 0.3) is 0 Å². The first-order valence-corrected chi connectivity index (χ1v) is 9.73. The molecular weight excluding hydrogens is 421 g/mol. The van der Waals surface area contributed by atoms with E-state index in [0.29, 0.717) is 33.0 Å². The second-order valence-corrected chi connectivity index (χ2v) is 8.27. The van der Waals surface area contributed by atoms with Gasteiger partial charge in [-0.1, -0.05) is 40.9 Å². The minimum Gasteiger partial charge on any atom is -0.321 e. The monoisotopic (exact) mass is 439 g/mol. The van der Waals surface area contributed by atoms with Gasteiger partial charge in [0.25, 0.3) is 5.91 Å². The van der Waals surface area contributed by atoms with Gasteiger partial charge in [0.2, 0.25) is 0 Å². The van der Waals surface area contributed by atoms with Gasteiger partial charge in [-0.3, -0.25) is 14.2 Å². The topological polar surface area (TPSA) is 64.7 Å². The fourth-order valence-corrected chi connectivity index (χ4v) is 3.50. The van der Waals surface area contributed by atoms with Crippen LogP contribution >= 0.6 is 34.8 Å². The molecule has 0 fully saturated rings. The number of hydrogen-bond acceptors (Lipinski definition) is 3. The lowest BCUT2D eigenvalue weighted by atomic mass is 10.0. The molecule has 1 aromatic carbocycles. The van der Waals surface area contributed by atoms with Crippen LogP contribution in [-0.4, -0.2) is 25.5 Å². The van der Waals surface area contributed by atoms with Gasteiger partial charge in [-0.05, 0) is 39.8 Å². The number of hydrogen-bond donors (Lipinski definition) is 1. The third-order valence-electron chi connectivity index (χ3n) is 4.67. The maximum absolute atomic E-state index is 12.9. The molecule has 1 N–H and O–H groups in total. The maximum atomic E-state index is 12.9. The van der Waals surface area contributed by atoms with Crippen molar-refractivity contribution in [3.8, 4) is 0 Å². The second-order valence-electron chi connectivity index (χ2n) is 7.02. The Morgan fingerprint density at radius 2 is 1.82 bits per heavy atom. The van der Waals surface area contributed by atoms with Gasteiger partial charge in [-0.2, -0.15) is 10.2 Å². The molecule has 0 aliphatic rings. The first-order valence-electron chi connectivity index (χ1n) is 8.60. The summed E-state index contributed by atoms with van der Waals surface area (Å²) in [6, 6.07) is 5.37. The minimum atomic E-state index is -0.930. The summed E-state index contributed by atoms with van der Waals surface area (Å²) in [6.07, 6.45) is 3.11. The Labute approximate surface area is 178 Å². The molecule has 2 heterocycles. The lowest BCUT2D eigenvalue weighted by Crippen LogP contribution is -2.40. The van der Waals surface area contributed by atoms with Crippen LogP contribution < -0.4 is 5.32 Å². The predicted octanol–water partition coefficient (Wildman–Crippen LogP) is 5.08. The zero-order chi connectivity index (χ0) is 20.6. The van der Waals surface area contributed by atoms with Gasteiger partial charge in [0.1, 0.15) is 5.54 Å². The first-order chi connectivity index (χ1) is 13.1. The van der Waals surface area contributed by atoms with E-state index in [-0.39, 0.29) is 5.91 Å². The molecule has 0 aliphatic heterocycles. The van der Waals surface area contributed by atoms with E-state index in [2.05, 4.69) is 15.5 Å². The van der Waals surface area contributed by atoms with Gasteiger partial charge in [-0.15, -0.1) is 0 Å². The number of benzene rings is 1. The van der Waals surface area contributed by atoms with Crippen LogP contribution in [0.2, 0.25) is 15.1 Å². The lowest BCUT2D eigenvalue weighted by molar-refractivity contribution is -0.123. The van der Waals surface area contributed by atoms with Crippen molar-refractivity contribution in [2.45, 2.75) is 39.8 Å².